The molecule has 5 atom stereocenters. The minimum Gasteiger partial charge on any atom is -0.471 e. The number of nitrogens with zero attached hydrogens (tertiary/aromatic N) is 4. The molecule has 1 aliphatic rings. The van der Waals surface area contributed by atoms with E-state index < -0.39 is 35.9 Å². The van der Waals surface area contributed by atoms with Crippen LogP contribution < -0.4 is 10.1 Å². The van der Waals surface area contributed by atoms with Gasteiger partial charge in [0.2, 0.25) is 11.8 Å². The van der Waals surface area contributed by atoms with E-state index in [1.54, 1.807) is 38.1 Å². The van der Waals surface area contributed by atoms with Crippen molar-refractivity contribution in [3.05, 3.63) is 78.1 Å². The third kappa shape index (κ3) is 4.77. The summed E-state index contributed by atoms with van der Waals surface area (Å²) in [4.78, 5) is 26.1. The van der Waals surface area contributed by atoms with Crippen LogP contribution in [0.1, 0.15) is 42.9 Å². The van der Waals surface area contributed by atoms with Crippen LogP contribution in [0.4, 0.5) is 10.3 Å². The van der Waals surface area contributed by atoms with Gasteiger partial charge in [0.25, 0.3) is 5.91 Å². The summed E-state index contributed by atoms with van der Waals surface area (Å²) in [5.74, 6) is -0.891. The Hall–Kier alpha value is -3.89. The van der Waals surface area contributed by atoms with Crippen LogP contribution in [0.2, 0.25) is 0 Å². The quantitative estimate of drug-likeness (QED) is 0.385. The molecule has 1 unspecified atom stereocenters. The number of aromatic nitrogens is 4. The van der Waals surface area contributed by atoms with E-state index in [-0.39, 0.29) is 24.1 Å². The largest absolute Gasteiger partial charge is 0.471 e. The molecule has 4 aromatic rings. The number of aliphatic hydroxyl groups is 1. The molecule has 192 valence electrons. The standard InChI is InChI=1S/C27H28FN5O4/c1-16-21(17(2)34)37-25(27(16,3)28)33-15-29-20-22(33)30-26(31-23(35)19-12-8-5-9-13-19)32-24(20)36-14-18-10-6-4-7-11-18/h4-13,15-17,21,25,34H,14H2,1-3H3,(H,30,31,32,35)/t16-,17?,21+,25-,27-/m1/s1. The van der Waals surface area contributed by atoms with Gasteiger partial charge in [0, 0.05) is 11.5 Å². The summed E-state index contributed by atoms with van der Waals surface area (Å²) in [7, 11) is 0. The van der Waals surface area contributed by atoms with Crippen molar-refractivity contribution in [1.82, 2.24) is 19.5 Å². The van der Waals surface area contributed by atoms with Gasteiger partial charge in [0.05, 0.1) is 18.5 Å². The van der Waals surface area contributed by atoms with Crippen molar-refractivity contribution >= 4 is 23.0 Å². The van der Waals surface area contributed by atoms with Crippen molar-refractivity contribution < 1.29 is 23.8 Å². The van der Waals surface area contributed by atoms with E-state index >= 15 is 4.39 Å². The van der Waals surface area contributed by atoms with Crippen LogP contribution in [-0.2, 0) is 11.3 Å². The van der Waals surface area contributed by atoms with Gasteiger partial charge in [-0.2, -0.15) is 9.97 Å². The highest BCUT2D eigenvalue weighted by molar-refractivity contribution is 6.03. The predicted molar refractivity (Wildman–Crippen MR) is 135 cm³/mol. The van der Waals surface area contributed by atoms with E-state index in [0.29, 0.717) is 11.1 Å². The van der Waals surface area contributed by atoms with Crippen LogP contribution in [0.15, 0.2) is 67.0 Å². The molecule has 5 rings (SSSR count). The molecule has 0 bridgehead atoms. The summed E-state index contributed by atoms with van der Waals surface area (Å²) < 4.78 is 29.4. The van der Waals surface area contributed by atoms with Crippen molar-refractivity contribution in [2.75, 3.05) is 5.32 Å². The number of nitrogens with one attached hydrogen (secondary N) is 1. The summed E-state index contributed by atoms with van der Waals surface area (Å²) in [6, 6.07) is 18.2. The zero-order valence-corrected chi connectivity index (χ0v) is 20.7. The molecule has 3 heterocycles. The lowest BCUT2D eigenvalue weighted by atomic mass is 9.88. The molecule has 1 saturated heterocycles. The smallest absolute Gasteiger partial charge is 0.258 e. The summed E-state index contributed by atoms with van der Waals surface area (Å²) in [6.07, 6.45) is -1.28. The summed E-state index contributed by atoms with van der Waals surface area (Å²) in [5.41, 5.74) is 0.0248. The van der Waals surface area contributed by atoms with Crippen molar-refractivity contribution in [1.29, 1.82) is 0 Å². The van der Waals surface area contributed by atoms with E-state index in [1.165, 1.54) is 17.8 Å². The number of carbonyl (C=O) groups is 1. The Morgan fingerprint density at radius 1 is 1.19 bits per heavy atom. The molecule has 0 saturated carbocycles. The average Bonchev–Trinajstić information content (AvgIpc) is 3.41. The van der Waals surface area contributed by atoms with Gasteiger partial charge in [-0.1, -0.05) is 55.5 Å². The topological polar surface area (TPSA) is 111 Å². The molecule has 1 fully saturated rings. The zero-order chi connectivity index (χ0) is 26.2. The minimum atomic E-state index is -1.83. The monoisotopic (exact) mass is 505 g/mol. The third-order valence-electron chi connectivity index (χ3n) is 6.75. The second-order valence-electron chi connectivity index (χ2n) is 9.40. The van der Waals surface area contributed by atoms with Crippen molar-refractivity contribution in [3.63, 3.8) is 0 Å². The number of halogens is 1. The molecule has 2 N–H and O–H groups in total. The Morgan fingerprint density at radius 3 is 2.51 bits per heavy atom. The molecule has 0 aliphatic carbocycles. The molecule has 10 heteroatoms. The first-order chi connectivity index (χ1) is 17.8. The van der Waals surface area contributed by atoms with Gasteiger partial charge in [-0.25, -0.2) is 9.37 Å². The predicted octanol–water partition coefficient (Wildman–Crippen LogP) is 4.30. The number of rotatable bonds is 7. The number of hydrogen-bond acceptors (Lipinski definition) is 7. The Bertz CT molecular complexity index is 1390. The van der Waals surface area contributed by atoms with Crippen LogP contribution in [0.5, 0.6) is 5.88 Å². The van der Waals surface area contributed by atoms with Crippen LogP contribution in [-0.4, -0.2) is 48.4 Å². The highest BCUT2D eigenvalue weighted by atomic mass is 19.1. The van der Waals surface area contributed by atoms with Crippen molar-refractivity contribution in [2.24, 2.45) is 5.92 Å². The molecule has 1 aliphatic heterocycles. The lowest BCUT2D eigenvalue weighted by Gasteiger charge is -2.25. The van der Waals surface area contributed by atoms with Gasteiger partial charge >= 0.3 is 0 Å². The minimum absolute atomic E-state index is 0.0233. The van der Waals surface area contributed by atoms with Gasteiger partial charge < -0.3 is 14.6 Å². The van der Waals surface area contributed by atoms with Crippen molar-refractivity contribution in [3.8, 4) is 5.88 Å². The lowest BCUT2D eigenvalue weighted by molar-refractivity contribution is -0.0762. The van der Waals surface area contributed by atoms with E-state index in [1.807, 2.05) is 36.4 Å². The molecule has 0 spiro atoms. The SMILES string of the molecule is CC(O)[C@H]1O[C@@H](n2cnc3c(OCc4ccccc4)nc(NC(=O)c4ccccc4)nc32)[C@](C)(F)[C@@H]1C. The lowest BCUT2D eigenvalue weighted by Crippen LogP contribution is -2.35. The van der Waals surface area contributed by atoms with Crippen LogP contribution in [0.25, 0.3) is 11.2 Å². The van der Waals surface area contributed by atoms with Gasteiger partial charge in [-0.05, 0) is 31.5 Å². The average molecular weight is 506 g/mol. The first-order valence-electron chi connectivity index (χ1n) is 12.1. The maximum absolute atomic E-state index is 15.9. The maximum atomic E-state index is 15.9. The normalized spacial score (nSPS) is 24.2. The Balaban J connectivity index is 1.55. The van der Waals surface area contributed by atoms with Crippen LogP contribution >= 0.6 is 0 Å². The van der Waals surface area contributed by atoms with Crippen LogP contribution in [0.3, 0.4) is 0 Å². The molecule has 37 heavy (non-hydrogen) atoms. The highest BCUT2D eigenvalue weighted by Gasteiger charge is 2.54. The molecule has 1 amide bonds. The van der Waals surface area contributed by atoms with E-state index in [9.17, 15) is 9.90 Å². The Kier molecular flexibility index (Phi) is 6.61. The van der Waals surface area contributed by atoms with Gasteiger partial charge in [0.15, 0.2) is 23.1 Å². The summed E-state index contributed by atoms with van der Waals surface area (Å²) in [5, 5.41) is 12.8. The van der Waals surface area contributed by atoms with Gasteiger partial charge in [0.1, 0.15) is 6.61 Å². The van der Waals surface area contributed by atoms with E-state index in [2.05, 4.69) is 20.3 Å². The number of alkyl halides is 1. The van der Waals surface area contributed by atoms with E-state index in [4.69, 9.17) is 9.47 Å². The van der Waals surface area contributed by atoms with Gasteiger partial charge in [-0.15, -0.1) is 0 Å². The second kappa shape index (κ2) is 9.87. The maximum Gasteiger partial charge on any atom is 0.258 e. The molecule has 0 radical (unpaired) electrons. The molecule has 9 nitrogen and oxygen atoms in total. The number of anilines is 1. The number of carbonyl (C=O) groups excluding carboxylic acids is 1. The first-order valence-corrected chi connectivity index (χ1v) is 12.1. The number of imidazole rings is 1. The number of aliphatic hydroxyl groups excluding tert-OH is 1. The Labute approximate surface area is 213 Å². The van der Waals surface area contributed by atoms with Crippen molar-refractivity contribution in [2.45, 2.75) is 51.5 Å². The first kappa shape index (κ1) is 24.8. The third-order valence-corrected chi connectivity index (χ3v) is 6.75. The summed E-state index contributed by atoms with van der Waals surface area (Å²) >= 11 is 0. The summed E-state index contributed by atoms with van der Waals surface area (Å²) in [6.45, 7) is 4.91. The second-order valence-corrected chi connectivity index (χ2v) is 9.40. The number of hydrogen-bond donors (Lipinski definition) is 2. The fourth-order valence-electron chi connectivity index (χ4n) is 4.52. The molecule has 2 aromatic heterocycles. The Morgan fingerprint density at radius 2 is 1.86 bits per heavy atom. The van der Waals surface area contributed by atoms with Crippen LogP contribution in [0, 0.1) is 5.92 Å². The fourth-order valence-corrected chi connectivity index (χ4v) is 4.52. The fraction of sp³-hybridized carbons (Fsp3) is 0.333. The molecular formula is C27H28FN5O4. The number of benzene rings is 2. The highest BCUT2D eigenvalue weighted by Crippen LogP contribution is 2.47. The number of amides is 1. The van der Waals surface area contributed by atoms with E-state index in [0.717, 1.165) is 5.56 Å². The molecular weight excluding hydrogens is 477 g/mol. The molecule has 2 aromatic carbocycles. The number of ether oxygens (including phenoxy) is 2. The van der Waals surface area contributed by atoms with Gasteiger partial charge in [-0.3, -0.25) is 14.7 Å². The number of fused-ring (bicyclic) bond motifs is 1. The zero-order valence-electron chi connectivity index (χ0n) is 20.7.